The molecule has 0 aliphatic carbocycles. The Labute approximate surface area is 168 Å². The molecule has 0 fully saturated rings. The monoisotopic (exact) mass is 438 g/mol. The molecular formula is C19H15BrN6O2. The number of halogens is 1. The standard InChI is InChI=1S/C19H15BrN6O2/c1-4-9-26-15-16(23-18(26)20)25(3)19(27)24-17(15)28-10-14-21-11(2)12-7-5-6-8-13(12)22-14/h1,5-8H,9-10H2,2-3H3. The molecule has 0 N–H and O–H groups in total. The lowest BCUT2D eigenvalue weighted by Gasteiger charge is -2.10. The highest BCUT2D eigenvalue weighted by molar-refractivity contribution is 9.10. The van der Waals surface area contributed by atoms with Crippen LogP contribution < -0.4 is 10.4 Å². The Bertz CT molecular complexity index is 1320. The van der Waals surface area contributed by atoms with E-state index in [0.717, 1.165) is 16.6 Å². The number of terminal acetylenes is 1. The van der Waals surface area contributed by atoms with Gasteiger partial charge in [0.15, 0.2) is 21.7 Å². The summed E-state index contributed by atoms with van der Waals surface area (Å²) in [5, 5.41) is 0.983. The number of benzene rings is 1. The fourth-order valence-electron chi connectivity index (χ4n) is 2.99. The molecule has 9 heteroatoms. The van der Waals surface area contributed by atoms with Crippen molar-refractivity contribution in [1.29, 1.82) is 0 Å². The molecule has 8 nitrogen and oxygen atoms in total. The van der Waals surface area contributed by atoms with Crippen LogP contribution in [0.2, 0.25) is 0 Å². The maximum Gasteiger partial charge on any atom is 0.352 e. The van der Waals surface area contributed by atoms with E-state index in [4.69, 9.17) is 11.2 Å². The first-order chi connectivity index (χ1) is 13.5. The molecule has 0 atom stereocenters. The average Bonchev–Trinajstić information content (AvgIpc) is 3.01. The summed E-state index contributed by atoms with van der Waals surface area (Å²) in [5.74, 6) is 3.20. The number of fused-ring (bicyclic) bond motifs is 2. The maximum absolute atomic E-state index is 12.2. The first kappa shape index (κ1) is 18.1. The summed E-state index contributed by atoms with van der Waals surface area (Å²) in [6.45, 7) is 2.22. The Morgan fingerprint density at radius 1 is 1.21 bits per heavy atom. The molecule has 4 aromatic rings. The number of nitrogens with zero attached hydrogens (tertiary/aromatic N) is 6. The average molecular weight is 439 g/mol. The number of hydrogen-bond donors (Lipinski definition) is 0. The van der Waals surface area contributed by atoms with E-state index < -0.39 is 5.69 Å². The zero-order valence-corrected chi connectivity index (χ0v) is 16.8. The van der Waals surface area contributed by atoms with Crippen LogP contribution in [0.25, 0.3) is 22.1 Å². The van der Waals surface area contributed by atoms with Gasteiger partial charge in [-0.2, -0.15) is 4.98 Å². The van der Waals surface area contributed by atoms with E-state index in [1.54, 1.807) is 11.6 Å². The molecule has 3 heterocycles. The summed E-state index contributed by atoms with van der Waals surface area (Å²) in [5.41, 5.74) is 2.16. The van der Waals surface area contributed by atoms with Crippen LogP contribution in [0.5, 0.6) is 5.88 Å². The van der Waals surface area contributed by atoms with Gasteiger partial charge in [0.05, 0.1) is 12.1 Å². The van der Waals surface area contributed by atoms with Crippen LogP contribution in [0.1, 0.15) is 11.5 Å². The molecule has 0 bridgehead atoms. The quantitative estimate of drug-likeness (QED) is 0.359. The third-order valence-corrected chi connectivity index (χ3v) is 4.94. The minimum absolute atomic E-state index is 0.0554. The first-order valence-electron chi connectivity index (χ1n) is 8.41. The molecule has 0 saturated carbocycles. The van der Waals surface area contributed by atoms with Crippen molar-refractivity contribution in [3.63, 3.8) is 0 Å². The number of para-hydroxylation sites is 1. The molecular weight excluding hydrogens is 424 g/mol. The summed E-state index contributed by atoms with van der Waals surface area (Å²) in [4.78, 5) is 29.6. The summed E-state index contributed by atoms with van der Waals surface area (Å²) in [6.07, 6.45) is 5.46. The Hall–Kier alpha value is -3.25. The Balaban J connectivity index is 1.77. The van der Waals surface area contributed by atoms with Crippen molar-refractivity contribution in [2.24, 2.45) is 7.05 Å². The predicted molar refractivity (Wildman–Crippen MR) is 108 cm³/mol. The van der Waals surface area contributed by atoms with Gasteiger partial charge < -0.3 is 9.30 Å². The fourth-order valence-corrected chi connectivity index (χ4v) is 3.46. The second-order valence-electron chi connectivity index (χ2n) is 6.13. The summed E-state index contributed by atoms with van der Waals surface area (Å²) >= 11 is 3.37. The molecule has 3 aromatic heterocycles. The predicted octanol–water partition coefficient (Wildman–Crippen LogP) is 2.36. The van der Waals surface area contributed by atoms with Gasteiger partial charge in [-0.05, 0) is 28.9 Å². The van der Waals surface area contributed by atoms with Crippen molar-refractivity contribution < 1.29 is 4.74 Å². The van der Waals surface area contributed by atoms with Crippen molar-refractivity contribution in [2.75, 3.05) is 0 Å². The largest absolute Gasteiger partial charge is 0.468 e. The van der Waals surface area contributed by atoms with E-state index in [0.29, 0.717) is 21.7 Å². The van der Waals surface area contributed by atoms with Crippen LogP contribution in [0, 0.1) is 19.3 Å². The van der Waals surface area contributed by atoms with Crippen molar-refractivity contribution in [3.8, 4) is 18.2 Å². The smallest absolute Gasteiger partial charge is 0.352 e. The number of hydrogen-bond acceptors (Lipinski definition) is 6. The van der Waals surface area contributed by atoms with Crippen molar-refractivity contribution in [2.45, 2.75) is 20.1 Å². The van der Waals surface area contributed by atoms with Crippen LogP contribution >= 0.6 is 15.9 Å². The Morgan fingerprint density at radius 3 is 2.79 bits per heavy atom. The van der Waals surface area contributed by atoms with E-state index in [1.807, 2.05) is 31.2 Å². The van der Waals surface area contributed by atoms with E-state index >= 15 is 0 Å². The summed E-state index contributed by atoms with van der Waals surface area (Å²) in [7, 11) is 1.59. The van der Waals surface area contributed by atoms with E-state index in [1.165, 1.54) is 4.57 Å². The number of ether oxygens (including phenoxy) is 1. The number of aromatic nitrogens is 6. The van der Waals surface area contributed by atoms with Gasteiger partial charge in [-0.3, -0.25) is 4.57 Å². The Kier molecular flexibility index (Phi) is 4.57. The molecule has 0 aliphatic heterocycles. The van der Waals surface area contributed by atoms with E-state index in [-0.39, 0.29) is 19.0 Å². The molecule has 1 aromatic carbocycles. The SMILES string of the molecule is C#CCn1c(Br)nc2c1c(OCc1nc(C)c3ccccc3n1)nc(=O)n2C. The fraction of sp³-hybridized carbons (Fsp3) is 0.211. The molecule has 0 amide bonds. The van der Waals surface area contributed by atoms with Gasteiger partial charge in [0.25, 0.3) is 0 Å². The number of imidazole rings is 1. The second-order valence-corrected chi connectivity index (χ2v) is 6.84. The molecule has 28 heavy (non-hydrogen) atoms. The lowest BCUT2D eigenvalue weighted by atomic mass is 10.2. The lowest BCUT2D eigenvalue weighted by Crippen LogP contribution is -2.22. The third-order valence-electron chi connectivity index (χ3n) is 4.33. The van der Waals surface area contributed by atoms with Gasteiger partial charge in [0.1, 0.15) is 6.61 Å². The van der Waals surface area contributed by atoms with Gasteiger partial charge in [0, 0.05) is 18.1 Å². The maximum atomic E-state index is 12.2. The minimum Gasteiger partial charge on any atom is -0.468 e. The van der Waals surface area contributed by atoms with Gasteiger partial charge in [-0.25, -0.2) is 19.7 Å². The second kappa shape index (κ2) is 7.05. The van der Waals surface area contributed by atoms with Crippen molar-refractivity contribution >= 4 is 38.0 Å². The van der Waals surface area contributed by atoms with Crippen LogP contribution in [0.15, 0.2) is 33.8 Å². The molecule has 4 rings (SSSR count). The van der Waals surface area contributed by atoms with Gasteiger partial charge in [0.2, 0.25) is 5.88 Å². The molecule has 0 spiro atoms. The van der Waals surface area contributed by atoms with E-state index in [2.05, 4.69) is 41.8 Å². The normalized spacial score (nSPS) is 11.1. The topological polar surface area (TPSA) is 87.7 Å². The van der Waals surface area contributed by atoms with Crippen LogP contribution in [-0.2, 0) is 20.2 Å². The van der Waals surface area contributed by atoms with Gasteiger partial charge in [-0.15, -0.1) is 6.42 Å². The molecule has 0 saturated heterocycles. The highest BCUT2D eigenvalue weighted by Gasteiger charge is 2.19. The first-order valence-corrected chi connectivity index (χ1v) is 9.20. The number of aryl methyl sites for hydroxylation is 2. The third kappa shape index (κ3) is 3.01. The van der Waals surface area contributed by atoms with E-state index in [9.17, 15) is 4.79 Å². The zero-order valence-electron chi connectivity index (χ0n) is 15.2. The lowest BCUT2D eigenvalue weighted by molar-refractivity contribution is 0.285. The molecule has 140 valence electrons. The molecule has 0 aliphatic rings. The van der Waals surface area contributed by atoms with Crippen LogP contribution in [0.4, 0.5) is 0 Å². The van der Waals surface area contributed by atoms with Gasteiger partial charge in [-0.1, -0.05) is 24.1 Å². The van der Waals surface area contributed by atoms with Crippen LogP contribution in [-0.4, -0.2) is 29.1 Å². The van der Waals surface area contributed by atoms with Crippen LogP contribution in [0.3, 0.4) is 0 Å². The Morgan fingerprint density at radius 2 is 2.00 bits per heavy atom. The molecule has 0 unspecified atom stereocenters. The zero-order chi connectivity index (χ0) is 19.8. The number of rotatable bonds is 4. The summed E-state index contributed by atoms with van der Waals surface area (Å²) in [6, 6.07) is 7.75. The van der Waals surface area contributed by atoms with Crippen molar-refractivity contribution in [1.82, 2.24) is 29.1 Å². The molecule has 0 radical (unpaired) electrons. The highest BCUT2D eigenvalue weighted by Crippen LogP contribution is 2.26. The van der Waals surface area contributed by atoms with Gasteiger partial charge >= 0.3 is 5.69 Å². The summed E-state index contributed by atoms with van der Waals surface area (Å²) < 4.78 is 9.39. The highest BCUT2D eigenvalue weighted by atomic mass is 79.9. The minimum atomic E-state index is -0.476. The van der Waals surface area contributed by atoms with Crippen molar-refractivity contribution in [3.05, 3.63) is 51.0 Å².